The predicted molar refractivity (Wildman–Crippen MR) is 95.3 cm³/mol. The van der Waals surface area contributed by atoms with E-state index in [1.165, 1.54) is 0 Å². The number of benzene rings is 1. The van der Waals surface area contributed by atoms with Crippen molar-refractivity contribution in [3.8, 4) is 11.5 Å². The zero-order valence-electron chi connectivity index (χ0n) is 15.5. The minimum atomic E-state index is -4.39. The SMILES string of the molecule is COc1ccc(CNC(=O)c2cnn(CC(F)(F)F)c2)cc1OC1CCCC1. The van der Waals surface area contributed by atoms with Gasteiger partial charge in [-0.25, -0.2) is 0 Å². The average Bonchev–Trinajstić information content (AvgIpc) is 3.30. The first-order chi connectivity index (χ1) is 13.3. The molecule has 1 heterocycles. The van der Waals surface area contributed by atoms with E-state index in [0.29, 0.717) is 16.2 Å². The number of nitrogens with one attached hydrogen (secondary N) is 1. The van der Waals surface area contributed by atoms with Crippen LogP contribution >= 0.6 is 0 Å². The van der Waals surface area contributed by atoms with Crippen LogP contribution in [0.4, 0.5) is 13.2 Å². The number of ether oxygens (including phenoxy) is 2. The van der Waals surface area contributed by atoms with Crippen molar-refractivity contribution in [2.75, 3.05) is 7.11 Å². The number of carbonyl (C=O) groups is 1. The Morgan fingerprint density at radius 2 is 2.04 bits per heavy atom. The maximum atomic E-state index is 12.4. The molecule has 9 heteroatoms. The van der Waals surface area contributed by atoms with Crippen molar-refractivity contribution in [3.63, 3.8) is 0 Å². The van der Waals surface area contributed by atoms with Crippen LogP contribution in [0.5, 0.6) is 11.5 Å². The summed E-state index contributed by atoms with van der Waals surface area (Å²) in [7, 11) is 1.57. The quantitative estimate of drug-likeness (QED) is 0.774. The summed E-state index contributed by atoms with van der Waals surface area (Å²) in [6, 6.07) is 5.38. The number of hydrogen-bond donors (Lipinski definition) is 1. The van der Waals surface area contributed by atoms with Crippen molar-refractivity contribution in [2.24, 2.45) is 0 Å². The normalized spacial score (nSPS) is 14.9. The maximum Gasteiger partial charge on any atom is 0.408 e. The van der Waals surface area contributed by atoms with E-state index >= 15 is 0 Å². The summed E-state index contributed by atoms with van der Waals surface area (Å²) >= 11 is 0. The third-order valence-electron chi connectivity index (χ3n) is 4.51. The van der Waals surface area contributed by atoms with Crippen LogP contribution in [-0.2, 0) is 13.1 Å². The number of rotatable bonds is 7. The van der Waals surface area contributed by atoms with Crippen molar-refractivity contribution in [1.29, 1.82) is 0 Å². The Morgan fingerprint density at radius 3 is 2.71 bits per heavy atom. The van der Waals surface area contributed by atoms with Gasteiger partial charge in [0.1, 0.15) is 6.54 Å². The Labute approximate surface area is 160 Å². The molecule has 3 rings (SSSR count). The smallest absolute Gasteiger partial charge is 0.408 e. The first-order valence-electron chi connectivity index (χ1n) is 9.05. The van der Waals surface area contributed by atoms with Crippen LogP contribution in [0.15, 0.2) is 30.6 Å². The molecule has 0 atom stereocenters. The fraction of sp³-hybridized carbons (Fsp3) is 0.474. The van der Waals surface area contributed by atoms with Crippen LogP contribution in [0, 0.1) is 0 Å². The van der Waals surface area contributed by atoms with Gasteiger partial charge in [0.2, 0.25) is 0 Å². The summed E-state index contributed by atoms with van der Waals surface area (Å²) in [6.45, 7) is -1.03. The van der Waals surface area contributed by atoms with Gasteiger partial charge in [-0.1, -0.05) is 6.07 Å². The van der Waals surface area contributed by atoms with E-state index < -0.39 is 18.6 Å². The number of hydrogen-bond acceptors (Lipinski definition) is 4. The van der Waals surface area contributed by atoms with Gasteiger partial charge in [0.05, 0.1) is 25.0 Å². The number of alkyl halides is 3. The molecule has 2 aromatic rings. The molecule has 1 aromatic heterocycles. The van der Waals surface area contributed by atoms with Gasteiger partial charge in [-0.2, -0.15) is 18.3 Å². The Balaban J connectivity index is 1.61. The van der Waals surface area contributed by atoms with E-state index in [-0.39, 0.29) is 18.2 Å². The number of carbonyl (C=O) groups excluding carboxylic acids is 1. The van der Waals surface area contributed by atoms with E-state index in [1.54, 1.807) is 19.2 Å². The fourth-order valence-corrected chi connectivity index (χ4v) is 3.14. The summed E-state index contributed by atoms with van der Waals surface area (Å²) in [5, 5.41) is 6.25. The largest absolute Gasteiger partial charge is 0.493 e. The third kappa shape index (κ3) is 5.40. The Bertz CT molecular complexity index is 814. The van der Waals surface area contributed by atoms with Gasteiger partial charge in [-0.15, -0.1) is 0 Å². The second-order valence-corrected chi connectivity index (χ2v) is 6.73. The summed E-state index contributed by atoms with van der Waals surface area (Å²) in [5.41, 5.74) is 0.866. The minimum Gasteiger partial charge on any atom is -0.493 e. The molecule has 0 radical (unpaired) electrons. The molecule has 1 aliphatic carbocycles. The van der Waals surface area contributed by atoms with Crippen LogP contribution < -0.4 is 14.8 Å². The molecule has 28 heavy (non-hydrogen) atoms. The molecule has 152 valence electrons. The molecule has 1 saturated carbocycles. The Hall–Kier alpha value is -2.71. The maximum absolute atomic E-state index is 12.4. The highest BCUT2D eigenvalue weighted by atomic mass is 19.4. The topological polar surface area (TPSA) is 65.4 Å². The first kappa shape index (κ1) is 20.0. The number of halogens is 3. The van der Waals surface area contributed by atoms with Crippen LogP contribution in [0.25, 0.3) is 0 Å². The van der Waals surface area contributed by atoms with Crippen molar-refractivity contribution < 1.29 is 27.4 Å². The van der Waals surface area contributed by atoms with Gasteiger partial charge in [0.25, 0.3) is 5.91 Å². The standard InChI is InChI=1S/C19H22F3N3O3/c1-27-16-7-6-13(8-17(16)28-15-4-2-3-5-15)9-23-18(26)14-10-24-25(11-14)12-19(20,21)22/h6-8,10-11,15H,2-5,9,12H2,1H3,(H,23,26). The molecule has 1 aliphatic rings. The molecule has 1 amide bonds. The van der Waals surface area contributed by atoms with Gasteiger partial charge in [0, 0.05) is 12.7 Å². The van der Waals surface area contributed by atoms with E-state index in [0.717, 1.165) is 43.6 Å². The zero-order valence-corrected chi connectivity index (χ0v) is 15.5. The van der Waals surface area contributed by atoms with Crippen molar-refractivity contribution in [1.82, 2.24) is 15.1 Å². The monoisotopic (exact) mass is 397 g/mol. The van der Waals surface area contributed by atoms with Gasteiger partial charge >= 0.3 is 6.18 Å². The molecule has 1 fully saturated rings. The van der Waals surface area contributed by atoms with Crippen molar-refractivity contribution >= 4 is 5.91 Å². The van der Waals surface area contributed by atoms with Crippen LogP contribution in [0.2, 0.25) is 0 Å². The molecule has 1 N–H and O–H groups in total. The summed E-state index contributed by atoms with van der Waals surface area (Å²) in [4.78, 5) is 12.2. The lowest BCUT2D eigenvalue weighted by molar-refractivity contribution is -0.142. The van der Waals surface area contributed by atoms with Crippen LogP contribution in [0.3, 0.4) is 0 Å². The molecule has 1 aromatic carbocycles. The molecule has 0 bridgehead atoms. The van der Waals surface area contributed by atoms with Gasteiger partial charge < -0.3 is 14.8 Å². The highest BCUT2D eigenvalue weighted by Crippen LogP contribution is 2.32. The number of methoxy groups -OCH3 is 1. The zero-order chi connectivity index (χ0) is 20.1. The molecule has 0 saturated heterocycles. The van der Waals surface area contributed by atoms with E-state index in [2.05, 4.69) is 10.4 Å². The molecular formula is C19H22F3N3O3. The Kier molecular flexibility index (Phi) is 6.11. The number of amides is 1. The summed E-state index contributed by atoms with van der Waals surface area (Å²) in [5.74, 6) is 0.747. The van der Waals surface area contributed by atoms with Crippen molar-refractivity contribution in [3.05, 3.63) is 41.7 Å². The molecule has 6 nitrogen and oxygen atoms in total. The number of aromatic nitrogens is 2. The summed E-state index contributed by atoms with van der Waals surface area (Å²) < 4.78 is 49.2. The second-order valence-electron chi connectivity index (χ2n) is 6.73. The lowest BCUT2D eigenvalue weighted by Crippen LogP contribution is -2.23. The lowest BCUT2D eigenvalue weighted by Gasteiger charge is -2.17. The fourth-order valence-electron chi connectivity index (χ4n) is 3.14. The lowest BCUT2D eigenvalue weighted by atomic mass is 10.2. The van der Waals surface area contributed by atoms with Gasteiger partial charge in [-0.05, 0) is 43.4 Å². The summed E-state index contributed by atoms with van der Waals surface area (Å²) in [6.07, 6.45) is 2.26. The first-order valence-corrected chi connectivity index (χ1v) is 9.05. The van der Waals surface area contributed by atoms with E-state index in [1.807, 2.05) is 6.07 Å². The van der Waals surface area contributed by atoms with E-state index in [9.17, 15) is 18.0 Å². The van der Waals surface area contributed by atoms with Crippen LogP contribution in [0.1, 0.15) is 41.6 Å². The van der Waals surface area contributed by atoms with Gasteiger partial charge in [0.15, 0.2) is 11.5 Å². The van der Waals surface area contributed by atoms with Crippen molar-refractivity contribution in [2.45, 2.75) is 51.1 Å². The average molecular weight is 397 g/mol. The number of nitrogens with zero attached hydrogens (tertiary/aromatic N) is 2. The molecule has 0 unspecified atom stereocenters. The van der Waals surface area contributed by atoms with E-state index in [4.69, 9.17) is 9.47 Å². The van der Waals surface area contributed by atoms with Crippen LogP contribution in [-0.4, -0.2) is 35.1 Å². The minimum absolute atomic E-state index is 0.0696. The Morgan fingerprint density at radius 1 is 1.29 bits per heavy atom. The molecular weight excluding hydrogens is 375 g/mol. The third-order valence-corrected chi connectivity index (χ3v) is 4.51. The molecule has 0 spiro atoms. The molecule has 0 aliphatic heterocycles. The highest BCUT2D eigenvalue weighted by molar-refractivity contribution is 5.93. The highest BCUT2D eigenvalue weighted by Gasteiger charge is 2.28. The van der Waals surface area contributed by atoms with Gasteiger partial charge in [-0.3, -0.25) is 9.48 Å². The predicted octanol–water partition coefficient (Wildman–Crippen LogP) is 3.71. The second kappa shape index (κ2) is 8.53.